The smallest absolute Gasteiger partial charge is 0.324 e. The van der Waals surface area contributed by atoms with Gasteiger partial charge in [-0.25, -0.2) is 8.18 Å². The molecule has 4 nitrogen and oxygen atoms in total. The molecule has 2 unspecified atom stereocenters. The second kappa shape index (κ2) is 5.35. The maximum absolute atomic E-state index is 10.7. The first-order valence-corrected chi connectivity index (χ1v) is 6.91. The van der Waals surface area contributed by atoms with Crippen LogP contribution in [0.1, 0.15) is 13.8 Å². The van der Waals surface area contributed by atoms with Crippen molar-refractivity contribution in [3.8, 4) is 0 Å². The number of rotatable bonds is 5. The van der Waals surface area contributed by atoms with E-state index in [4.69, 9.17) is 4.89 Å². The van der Waals surface area contributed by atoms with Gasteiger partial charge in [0.25, 0.3) is 0 Å². The Kier molecular flexibility index (Phi) is 5.68. The summed E-state index contributed by atoms with van der Waals surface area (Å²) in [5.41, 5.74) is 0. The number of hydrogen-bond acceptors (Lipinski definition) is 4. The molecule has 2 atom stereocenters. The molecule has 0 aliphatic carbocycles. The van der Waals surface area contributed by atoms with Crippen molar-refractivity contribution >= 4 is 29.6 Å². The highest BCUT2D eigenvalue weighted by atomic mass is 32.5. The molecule has 0 bridgehead atoms. The van der Waals surface area contributed by atoms with Crippen LogP contribution in [0.4, 0.5) is 0 Å². The minimum absolute atomic E-state index is 0.259. The Morgan fingerprint density at radius 1 is 1.64 bits per heavy atom. The van der Waals surface area contributed by atoms with Gasteiger partial charge in [0.15, 0.2) is 11.1 Å². The fourth-order valence-corrected chi connectivity index (χ4v) is 3.03. The van der Waals surface area contributed by atoms with Gasteiger partial charge in [0, 0.05) is 5.75 Å². The summed E-state index contributed by atoms with van der Waals surface area (Å²) in [6.45, 7) is 0.367. The third kappa shape index (κ3) is 5.90. The molecule has 0 rings (SSSR count). The molecule has 0 saturated heterocycles. The summed E-state index contributed by atoms with van der Waals surface area (Å²) in [5, 5.41) is 0. The molecule has 0 fully saturated rings. The average Bonchev–Trinajstić information content (AvgIpc) is 1.86. The van der Waals surface area contributed by atoms with Gasteiger partial charge >= 0.3 is 6.72 Å². The third-order valence-electron chi connectivity index (χ3n) is 0.705. The predicted octanol–water partition coefficient (Wildman–Crippen LogP) is 0.940. The summed E-state index contributed by atoms with van der Waals surface area (Å²) >= 11 is 2.99. The van der Waals surface area contributed by atoms with E-state index < -0.39 is 17.8 Å². The highest BCUT2D eigenvalue weighted by Crippen LogP contribution is 2.44. The molecule has 7 heteroatoms. The highest BCUT2D eigenvalue weighted by molar-refractivity contribution is 8.10. The Balaban J connectivity index is 3.91. The van der Waals surface area contributed by atoms with Gasteiger partial charge in [-0.15, -0.1) is 0 Å². The minimum atomic E-state index is -3.23. The summed E-state index contributed by atoms with van der Waals surface area (Å²) in [4.78, 5) is 9.10. The van der Waals surface area contributed by atoms with Crippen molar-refractivity contribution in [1.29, 1.82) is 0 Å². The lowest BCUT2D eigenvalue weighted by Crippen LogP contribution is -1.99. The van der Waals surface area contributed by atoms with Crippen LogP contribution in [0.5, 0.6) is 0 Å². The molecule has 0 heterocycles. The zero-order valence-corrected chi connectivity index (χ0v) is 8.88. The largest absolute Gasteiger partial charge is 0.337 e. The Morgan fingerprint density at radius 3 is 2.55 bits per heavy atom. The van der Waals surface area contributed by atoms with E-state index in [0.717, 1.165) is 0 Å². The van der Waals surface area contributed by atoms with Crippen molar-refractivity contribution in [3.63, 3.8) is 0 Å². The van der Waals surface area contributed by atoms with Crippen LogP contribution in [0.2, 0.25) is 0 Å². The fraction of sp³-hybridized carbons (Fsp3) is 1.00. The molecule has 1 N–H and O–H groups in total. The fourth-order valence-electron chi connectivity index (χ4n) is 0.342. The lowest BCUT2D eigenvalue weighted by atomic mass is 10.9. The summed E-state index contributed by atoms with van der Waals surface area (Å²) in [5.74, 6) is 0.298. The van der Waals surface area contributed by atoms with E-state index in [9.17, 15) is 4.21 Å². The molecule has 0 aromatic carbocycles. The molecule has 11 heavy (non-hydrogen) atoms. The molecule has 0 saturated carbocycles. The second-order valence-electron chi connectivity index (χ2n) is 1.55. The molecule has 0 aliphatic rings. The van der Waals surface area contributed by atoms with Crippen molar-refractivity contribution in [2.75, 3.05) is 12.4 Å². The molecule has 0 aliphatic heterocycles. The van der Waals surface area contributed by atoms with E-state index in [1.165, 1.54) is 0 Å². The lowest BCUT2D eigenvalue weighted by Gasteiger charge is -2.11. The van der Waals surface area contributed by atoms with Crippen LogP contribution < -0.4 is 0 Å². The first-order valence-electron chi connectivity index (χ1n) is 3.07. The van der Waals surface area contributed by atoms with E-state index in [0.29, 0.717) is 5.75 Å². The van der Waals surface area contributed by atoms with Crippen LogP contribution in [0.3, 0.4) is 0 Å². The van der Waals surface area contributed by atoms with Crippen LogP contribution in [-0.4, -0.2) is 21.5 Å². The van der Waals surface area contributed by atoms with Gasteiger partial charge in [0.2, 0.25) is 0 Å². The first kappa shape index (κ1) is 11.7. The van der Waals surface area contributed by atoms with Crippen molar-refractivity contribution in [1.82, 2.24) is 0 Å². The van der Waals surface area contributed by atoms with Crippen LogP contribution in [0.15, 0.2) is 0 Å². The summed E-state index contributed by atoms with van der Waals surface area (Å²) in [7, 11) is 0. The Morgan fingerprint density at radius 2 is 2.18 bits per heavy atom. The monoisotopic (exact) mass is 218 g/mol. The van der Waals surface area contributed by atoms with Crippen molar-refractivity contribution < 1.29 is 17.6 Å². The van der Waals surface area contributed by atoms with Gasteiger partial charge in [-0.3, -0.25) is 0 Å². The quantitative estimate of drug-likeness (QED) is 0.696. The molecule has 0 aromatic heterocycles. The van der Waals surface area contributed by atoms with Crippen LogP contribution in [-0.2, 0) is 31.4 Å². The van der Waals surface area contributed by atoms with Gasteiger partial charge in [-0.05, 0) is 18.7 Å². The van der Waals surface area contributed by atoms with E-state index in [-0.39, 0.29) is 6.61 Å². The van der Waals surface area contributed by atoms with Gasteiger partial charge in [-0.2, -0.15) is 0 Å². The minimum Gasteiger partial charge on any atom is -0.324 e. The zero-order valence-electron chi connectivity index (χ0n) is 6.35. The molecule has 0 aromatic rings. The molecule has 0 spiro atoms. The standard InChI is InChI=1S/C4H11O4PS2/c1-3-7-9(5,10)8-11(6)4-2/h3-4H2,1-2H3,(H,5,10). The van der Waals surface area contributed by atoms with Crippen LogP contribution >= 0.6 is 6.72 Å². The van der Waals surface area contributed by atoms with E-state index in [1.807, 2.05) is 0 Å². The van der Waals surface area contributed by atoms with E-state index in [1.54, 1.807) is 13.8 Å². The van der Waals surface area contributed by atoms with Crippen LogP contribution in [0, 0.1) is 0 Å². The molecular formula is C4H11O4PS2. The molecule has 68 valence electrons. The first-order chi connectivity index (χ1) is 5.02. The summed E-state index contributed by atoms with van der Waals surface area (Å²) < 4.78 is 19.9. The Hall–Kier alpha value is 0.680. The van der Waals surface area contributed by atoms with Crippen molar-refractivity contribution in [2.45, 2.75) is 13.8 Å². The van der Waals surface area contributed by atoms with Gasteiger partial charge in [0.1, 0.15) is 0 Å². The maximum Gasteiger partial charge on any atom is 0.337 e. The van der Waals surface area contributed by atoms with Gasteiger partial charge in [0.05, 0.1) is 6.61 Å². The highest BCUT2D eigenvalue weighted by Gasteiger charge is 2.17. The van der Waals surface area contributed by atoms with Crippen molar-refractivity contribution in [3.05, 3.63) is 0 Å². The topological polar surface area (TPSA) is 55.8 Å². The summed E-state index contributed by atoms with van der Waals surface area (Å²) in [6.07, 6.45) is 0. The Labute approximate surface area is 73.8 Å². The van der Waals surface area contributed by atoms with Gasteiger partial charge < -0.3 is 9.42 Å². The summed E-state index contributed by atoms with van der Waals surface area (Å²) in [6, 6.07) is 0. The zero-order chi connectivity index (χ0) is 8.91. The van der Waals surface area contributed by atoms with Crippen molar-refractivity contribution in [2.24, 2.45) is 0 Å². The lowest BCUT2D eigenvalue weighted by molar-refractivity contribution is 0.277. The molecular weight excluding hydrogens is 207 g/mol. The van der Waals surface area contributed by atoms with E-state index >= 15 is 0 Å². The SMILES string of the molecule is CCOP(O)(=S)OS(=O)CC. The Bertz CT molecular complexity index is 183. The second-order valence-corrected chi connectivity index (χ2v) is 5.91. The number of hydrogen-bond donors (Lipinski definition) is 1. The predicted molar refractivity (Wildman–Crippen MR) is 47.9 cm³/mol. The molecule has 0 radical (unpaired) electrons. The average molecular weight is 218 g/mol. The van der Waals surface area contributed by atoms with Gasteiger partial charge in [-0.1, -0.05) is 6.92 Å². The maximum atomic E-state index is 10.7. The van der Waals surface area contributed by atoms with Crippen LogP contribution in [0.25, 0.3) is 0 Å². The molecule has 0 amide bonds. The van der Waals surface area contributed by atoms with E-state index in [2.05, 4.69) is 20.3 Å². The third-order valence-corrected chi connectivity index (χ3v) is 4.04. The normalized spacial score (nSPS) is 19.2.